The van der Waals surface area contributed by atoms with Crippen LogP contribution in [0, 0.1) is 0 Å². The maximum absolute atomic E-state index is 13.4. The fourth-order valence-corrected chi connectivity index (χ4v) is 4.74. The fourth-order valence-electron chi connectivity index (χ4n) is 2.48. The molecular formula is C23H18F9O3S3+. The zero-order valence-electron chi connectivity index (χ0n) is 19.0. The Hall–Kier alpha value is -2.52. The van der Waals surface area contributed by atoms with Crippen molar-refractivity contribution in [2.24, 2.45) is 0 Å². The van der Waals surface area contributed by atoms with Crippen LogP contribution in [-0.2, 0) is 21.9 Å². The average molecular weight is 610 g/mol. The van der Waals surface area contributed by atoms with Crippen molar-refractivity contribution in [2.75, 3.05) is 6.26 Å². The Morgan fingerprint density at radius 1 is 0.658 bits per heavy atom. The molecule has 0 saturated heterocycles. The van der Waals surface area contributed by atoms with Gasteiger partial charge in [0.1, 0.15) is 5.75 Å². The molecule has 0 unspecified atom stereocenters. The van der Waals surface area contributed by atoms with E-state index < -0.39 is 39.1 Å². The molecule has 0 aliphatic heterocycles. The summed E-state index contributed by atoms with van der Waals surface area (Å²) in [5.74, 6) is -15.6. The first-order chi connectivity index (χ1) is 17.5. The highest BCUT2D eigenvalue weighted by molar-refractivity contribution is 7.98. The number of halogens is 9. The molecule has 38 heavy (non-hydrogen) atoms. The minimum absolute atomic E-state index is 0.463. The van der Waals surface area contributed by atoms with Crippen LogP contribution in [0.2, 0.25) is 0 Å². The highest BCUT2D eigenvalue weighted by Gasteiger charge is 2.86. The van der Waals surface area contributed by atoms with Gasteiger partial charge in [0.2, 0.25) is 0 Å². The SMILES string of the molecule is CSc1ccc(OS(=O)(=O)C(F)(F)C(F)(F)C(F)(F)C(F)(F)F)cc1.c1ccc([SH+]c2ccccc2)cc1. The second-order valence-corrected chi connectivity index (χ2v) is 10.9. The van der Waals surface area contributed by atoms with Crippen LogP contribution in [0.1, 0.15) is 0 Å². The first kappa shape index (κ1) is 31.7. The molecule has 3 rings (SSSR count). The van der Waals surface area contributed by atoms with Gasteiger partial charge in [-0.2, -0.15) is 47.9 Å². The molecule has 208 valence electrons. The normalized spacial score (nSPS) is 12.9. The third kappa shape index (κ3) is 7.11. The third-order valence-electron chi connectivity index (χ3n) is 4.47. The lowest BCUT2D eigenvalue weighted by atomic mass is 10.1. The molecule has 0 fully saturated rings. The quantitative estimate of drug-likeness (QED) is 0.0875. The topological polar surface area (TPSA) is 43.4 Å². The number of benzene rings is 3. The number of rotatable bonds is 8. The summed E-state index contributed by atoms with van der Waals surface area (Å²) in [5.41, 5.74) is 0. The first-order valence-corrected chi connectivity index (χ1v) is 13.6. The average Bonchev–Trinajstić information content (AvgIpc) is 2.85. The van der Waals surface area contributed by atoms with Gasteiger partial charge in [0.15, 0.2) is 9.79 Å². The summed E-state index contributed by atoms with van der Waals surface area (Å²) in [6.45, 7) is 0. The highest BCUT2D eigenvalue weighted by atomic mass is 32.2. The monoisotopic (exact) mass is 609 g/mol. The summed E-state index contributed by atoms with van der Waals surface area (Å²) < 4.78 is 140. The van der Waals surface area contributed by atoms with Crippen LogP contribution in [0.4, 0.5) is 39.5 Å². The van der Waals surface area contributed by atoms with Crippen molar-refractivity contribution >= 4 is 33.6 Å². The molecule has 0 aromatic heterocycles. The zero-order chi connectivity index (χ0) is 28.8. The maximum Gasteiger partial charge on any atom is 0.460 e. The molecule has 15 heteroatoms. The van der Waals surface area contributed by atoms with Crippen molar-refractivity contribution in [1.82, 2.24) is 0 Å². The molecule has 0 atom stereocenters. The second kappa shape index (κ2) is 12.1. The molecule has 3 aromatic rings. The van der Waals surface area contributed by atoms with Gasteiger partial charge in [0.25, 0.3) is 0 Å². The van der Waals surface area contributed by atoms with Crippen LogP contribution in [0.3, 0.4) is 0 Å². The van der Waals surface area contributed by atoms with Gasteiger partial charge in [-0.3, -0.25) is 0 Å². The van der Waals surface area contributed by atoms with E-state index in [9.17, 15) is 47.9 Å². The van der Waals surface area contributed by atoms with Gasteiger partial charge in [0, 0.05) is 16.7 Å². The van der Waals surface area contributed by atoms with Crippen LogP contribution in [0.5, 0.6) is 5.75 Å². The smallest absolute Gasteiger partial charge is 0.378 e. The standard InChI is InChI=1S/C12H10S.C11H7F9O3S2/c1-3-7-11(8-4-1)13-12-9-5-2-6-10-12;1-24-7-4-2-6(3-5-7)23-25(21,22)11(19,20)9(14,15)8(12,13)10(16,17)18/h1-10H;2-5H,1H3/p+1. The lowest BCUT2D eigenvalue weighted by Crippen LogP contribution is -2.63. The summed E-state index contributed by atoms with van der Waals surface area (Å²) in [4.78, 5) is 3.15. The molecule has 0 spiro atoms. The number of hydrogen-bond acceptors (Lipinski definition) is 4. The van der Waals surface area contributed by atoms with Crippen molar-refractivity contribution in [2.45, 2.75) is 38.0 Å². The Kier molecular flexibility index (Phi) is 10.1. The van der Waals surface area contributed by atoms with Gasteiger partial charge in [-0.15, -0.1) is 11.8 Å². The number of alkyl halides is 9. The lowest BCUT2D eigenvalue weighted by Gasteiger charge is -2.32. The van der Waals surface area contributed by atoms with E-state index in [4.69, 9.17) is 0 Å². The Morgan fingerprint density at radius 3 is 1.45 bits per heavy atom. The van der Waals surface area contributed by atoms with E-state index in [1.165, 1.54) is 21.6 Å². The lowest BCUT2D eigenvalue weighted by molar-refractivity contribution is -0.382. The Balaban J connectivity index is 0.000000323. The third-order valence-corrected chi connectivity index (χ3v) is 7.62. The van der Waals surface area contributed by atoms with Crippen molar-refractivity contribution in [3.05, 3.63) is 84.9 Å². The number of thiol groups is 1. The van der Waals surface area contributed by atoms with Gasteiger partial charge in [0.05, 0.1) is 0 Å². The maximum atomic E-state index is 13.4. The van der Waals surface area contributed by atoms with Crippen LogP contribution in [-0.4, -0.2) is 37.9 Å². The minimum Gasteiger partial charge on any atom is -0.378 e. The predicted octanol–water partition coefficient (Wildman–Crippen LogP) is 7.46. The molecule has 0 saturated carbocycles. The van der Waals surface area contributed by atoms with Crippen molar-refractivity contribution < 1.29 is 52.1 Å². The van der Waals surface area contributed by atoms with Crippen LogP contribution >= 0.6 is 11.8 Å². The van der Waals surface area contributed by atoms with E-state index >= 15 is 0 Å². The van der Waals surface area contributed by atoms with E-state index in [1.807, 2.05) is 12.1 Å². The summed E-state index contributed by atoms with van der Waals surface area (Å²) in [5, 5.41) is -6.88. The van der Waals surface area contributed by atoms with Crippen molar-refractivity contribution in [3.8, 4) is 5.75 Å². The number of hydrogen-bond donors (Lipinski definition) is 0. The van der Waals surface area contributed by atoms with Gasteiger partial charge in [-0.05, 0) is 54.8 Å². The predicted molar refractivity (Wildman–Crippen MR) is 127 cm³/mol. The zero-order valence-corrected chi connectivity index (χ0v) is 21.5. The van der Waals surface area contributed by atoms with Crippen molar-refractivity contribution in [1.29, 1.82) is 0 Å². The largest absolute Gasteiger partial charge is 0.460 e. The van der Waals surface area contributed by atoms with E-state index in [2.05, 4.69) is 52.7 Å². The van der Waals surface area contributed by atoms with Gasteiger partial charge in [-0.1, -0.05) is 36.4 Å². The minimum atomic E-state index is -7.33. The van der Waals surface area contributed by atoms with Crippen LogP contribution < -0.4 is 4.18 Å². The Bertz CT molecular complexity index is 1230. The molecule has 0 heterocycles. The molecule has 0 radical (unpaired) electrons. The van der Waals surface area contributed by atoms with Crippen LogP contribution in [0.25, 0.3) is 0 Å². The summed E-state index contributed by atoms with van der Waals surface area (Å²) in [7, 11) is -6.90. The molecule has 3 nitrogen and oxygen atoms in total. The number of thioether (sulfide) groups is 1. The molecule has 0 amide bonds. The fraction of sp³-hybridized carbons (Fsp3) is 0.217. The first-order valence-electron chi connectivity index (χ1n) is 10.1. The second-order valence-electron chi connectivity index (χ2n) is 7.16. The molecule has 0 aliphatic rings. The molecule has 3 aromatic carbocycles. The van der Waals surface area contributed by atoms with E-state index in [0.29, 0.717) is 4.90 Å². The molecular weight excluding hydrogens is 591 g/mol. The Morgan fingerprint density at radius 2 is 1.08 bits per heavy atom. The highest BCUT2D eigenvalue weighted by Crippen LogP contribution is 2.54. The molecule has 0 aliphatic carbocycles. The van der Waals surface area contributed by atoms with E-state index in [1.54, 1.807) is 6.26 Å². The van der Waals surface area contributed by atoms with E-state index in [-0.39, 0.29) is 0 Å². The van der Waals surface area contributed by atoms with E-state index in [0.717, 1.165) is 36.0 Å². The summed E-state index contributed by atoms with van der Waals surface area (Å²) in [6, 6.07) is 24.6. The molecule has 0 N–H and O–H groups in total. The van der Waals surface area contributed by atoms with Crippen molar-refractivity contribution in [3.63, 3.8) is 0 Å². The summed E-state index contributed by atoms with van der Waals surface area (Å²) >= 11 is 2.40. The van der Waals surface area contributed by atoms with Gasteiger partial charge < -0.3 is 4.18 Å². The summed E-state index contributed by atoms with van der Waals surface area (Å²) in [6.07, 6.45) is -5.56. The van der Waals surface area contributed by atoms with Gasteiger partial charge >= 0.3 is 33.4 Å². The molecule has 0 bridgehead atoms. The van der Waals surface area contributed by atoms with Gasteiger partial charge in [-0.25, -0.2) is 0 Å². The Labute approximate surface area is 220 Å². The van der Waals surface area contributed by atoms with Crippen LogP contribution in [0.15, 0.2) is 99.6 Å².